The van der Waals surface area contributed by atoms with E-state index in [1.807, 2.05) is 25.1 Å². The third-order valence-corrected chi connectivity index (χ3v) is 4.85. The van der Waals surface area contributed by atoms with Crippen LogP contribution in [-0.4, -0.2) is 10.7 Å². The van der Waals surface area contributed by atoms with Crippen LogP contribution in [0, 0.1) is 11.3 Å². The zero-order valence-corrected chi connectivity index (χ0v) is 12.7. The summed E-state index contributed by atoms with van der Waals surface area (Å²) in [5.74, 6) is 0. The summed E-state index contributed by atoms with van der Waals surface area (Å²) >= 11 is 0. The minimum atomic E-state index is -0.951. The summed E-state index contributed by atoms with van der Waals surface area (Å²) in [5.41, 5.74) is 0.592. The summed E-state index contributed by atoms with van der Waals surface area (Å²) < 4.78 is 0. The van der Waals surface area contributed by atoms with Gasteiger partial charge in [-0.1, -0.05) is 50.5 Å². The second-order valence-corrected chi connectivity index (χ2v) is 6.26. The Balaban J connectivity index is 2.38. The molecule has 0 bridgehead atoms. The highest BCUT2D eigenvalue weighted by Gasteiger charge is 2.50. The van der Waals surface area contributed by atoms with E-state index in [9.17, 15) is 10.4 Å². The molecule has 20 heavy (non-hydrogen) atoms. The van der Waals surface area contributed by atoms with Crippen molar-refractivity contribution in [1.82, 2.24) is 0 Å². The molecule has 0 spiro atoms. The quantitative estimate of drug-likeness (QED) is 0.819. The van der Waals surface area contributed by atoms with Crippen LogP contribution in [-0.2, 0) is 11.8 Å². The molecular formula is C18H25NO. The number of hydrogen-bond donors (Lipinski definition) is 1. The van der Waals surface area contributed by atoms with Gasteiger partial charge < -0.3 is 5.11 Å². The molecule has 1 aromatic carbocycles. The number of fused-ring (bicyclic) bond motifs is 1. The fraction of sp³-hybridized carbons (Fsp3) is 0.611. The molecular weight excluding hydrogens is 246 g/mol. The van der Waals surface area contributed by atoms with Crippen molar-refractivity contribution >= 4 is 0 Å². The minimum absolute atomic E-state index is 0.697. The van der Waals surface area contributed by atoms with Gasteiger partial charge in [0.1, 0.15) is 5.41 Å². The molecule has 0 heterocycles. The zero-order valence-electron chi connectivity index (χ0n) is 12.7. The molecule has 0 saturated carbocycles. The Morgan fingerprint density at radius 2 is 2.10 bits per heavy atom. The van der Waals surface area contributed by atoms with Crippen LogP contribution in [0.1, 0.15) is 63.5 Å². The number of benzene rings is 1. The van der Waals surface area contributed by atoms with Gasteiger partial charge in [-0.05, 0) is 43.7 Å². The standard InChI is InChI=1S/C18H25NO/c1-3-4-7-12-17(2,20)18(14-19)13-8-10-15-9-5-6-11-16(15)18/h5-6,9,11,20H,3-4,7-8,10,12-13H2,1-2H3. The number of nitriles is 1. The van der Waals surface area contributed by atoms with Crippen LogP contribution in [0.4, 0.5) is 0 Å². The van der Waals surface area contributed by atoms with E-state index in [0.29, 0.717) is 6.42 Å². The van der Waals surface area contributed by atoms with Gasteiger partial charge in [0.25, 0.3) is 0 Å². The van der Waals surface area contributed by atoms with Crippen molar-refractivity contribution in [2.75, 3.05) is 0 Å². The van der Waals surface area contributed by atoms with Crippen molar-refractivity contribution in [3.05, 3.63) is 35.4 Å². The first-order chi connectivity index (χ1) is 9.57. The first-order valence-electron chi connectivity index (χ1n) is 7.79. The third kappa shape index (κ3) is 2.47. The van der Waals surface area contributed by atoms with Crippen LogP contribution in [0.5, 0.6) is 0 Å². The number of aryl methyl sites for hydroxylation is 1. The molecule has 0 amide bonds. The van der Waals surface area contributed by atoms with Gasteiger partial charge in [-0.25, -0.2) is 0 Å². The summed E-state index contributed by atoms with van der Waals surface area (Å²) in [7, 11) is 0. The Bertz CT molecular complexity index is 500. The predicted molar refractivity (Wildman–Crippen MR) is 81.4 cm³/mol. The highest BCUT2D eigenvalue weighted by atomic mass is 16.3. The lowest BCUT2D eigenvalue weighted by Crippen LogP contribution is -2.50. The van der Waals surface area contributed by atoms with Gasteiger partial charge in [-0.2, -0.15) is 5.26 Å². The van der Waals surface area contributed by atoms with E-state index >= 15 is 0 Å². The molecule has 1 aromatic rings. The van der Waals surface area contributed by atoms with Crippen LogP contribution >= 0.6 is 0 Å². The molecule has 0 aromatic heterocycles. The smallest absolute Gasteiger partial charge is 0.111 e. The zero-order chi connectivity index (χ0) is 14.6. The van der Waals surface area contributed by atoms with Gasteiger partial charge in [-0.15, -0.1) is 0 Å². The lowest BCUT2D eigenvalue weighted by Gasteiger charge is -2.44. The predicted octanol–water partition coefficient (Wildman–Crippen LogP) is 4.12. The summed E-state index contributed by atoms with van der Waals surface area (Å²) in [6.07, 6.45) is 6.68. The summed E-state index contributed by atoms with van der Waals surface area (Å²) in [6.45, 7) is 4.01. The van der Waals surface area contributed by atoms with Crippen LogP contribution in [0.25, 0.3) is 0 Å². The maximum atomic E-state index is 11.0. The molecule has 2 heteroatoms. The van der Waals surface area contributed by atoms with Gasteiger partial charge >= 0.3 is 0 Å². The number of rotatable bonds is 5. The van der Waals surface area contributed by atoms with Crippen LogP contribution in [0.3, 0.4) is 0 Å². The topological polar surface area (TPSA) is 44.0 Å². The van der Waals surface area contributed by atoms with E-state index < -0.39 is 11.0 Å². The first kappa shape index (κ1) is 15.1. The van der Waals surface area contributed by atoms with Crippen molar-refractivity contribution in [2.45, 2.75) is 69.8 Å². The summed E-state index contributed by atoms with van der Waals surface area (Å²) in [4.78, 5) is 0. The molecule has 2 nitrogen and oxygen atoms in total. The highest BCUT2D eigenvalue weighted by Crippen LogP contribution is 2.46. The molecule has 2 unspecified atom stereocenters. The molecule has 2 atom stereocenters. The Hall–Kier alpha value is -1.33. The van der Waals surface area contributed by atoms with Crippen LogP contribution in [0.15, 0.2) is 24.3 Å². The number of unbranched alkanes of at least 4 members (excludes halogenated alkanes) is 2. The van der Waals surface area contributed by atoms with Crippen molar-refractivity contribution < 1.29 is 5.11 Å². The van der Waals surface area contributed by atoms with E-state index in [-0.39, 0.29) is 0 Å². The van der Waals surface area contributed by atoms with E-state index in [4.69, 9.17) is 0 Å². The van der Waals surface area contributed by atoms with Crippen molar-refractivity contribution in [1.29, 1.82) is 5.26 Å². The Kier molecular flexibility index (Phi) is 4.50. The molecule has 2 rings (SSSR count). The van der Waals surface area contributed by atoms with Crippen LogP contribution in [0.2, 0.25) is 0 Å². The number of aliphatic hydroxyl groups is 1. The monoisotopic (exact) mass is 271 g/mol. The number of nitrogens with zero attached hydrogens (tertiary/aromatic N) is 1. The van der Waals surface area contributed by atoms with E-state index in [1.54, 1.807) is 0 Å². The van der Waals surface area contributed by atoms with Gasteiger partial charge in [0, 0.05) is 0 Å². The van der Waals surface area contributed by atoms with E-state index in [1.165, 1.54) is 5.56 Å². The lowest BCUT2D eigenvalue weighted by molar-refractivity contribution is -0.0164. The second-order valence-electron chi connectivity index (χ2n) is 6.26. The number of hydrogen-bond acceptors (Lipinski definition) is 2. The average Bonchev–Trinajstić information content (AvgIpc) is 2.46. The van der Waals surface area contributed by atoms with Gasteiger partial charge in [0.05, 0.1) is 11.7 Å². The molecule has 0 radical (unpaired) electrons. The molecule has 1 N–H and O–H groups in total. The molecule has 0 aliphatic heterocycles. The normalized spacial score (nSPS) is 24.5. The Morgan fingerprint density at radius 1 is 1.35 bits per heavy atom. The van der Waals surface area contributed by atoms with Crippen molar-refractivity contribution in [3.63, 3.8) is 0 Å². The van der Waals surface area contributed by atoms with Crippen molar-refractivity contribution in [2.24, 2.45) is 0 Å². The van der Waals surface area contributed by atoms with Gasteiger partial charge in [0.2, 0.25) is 0 Å². The molecule has 0 saturated heterocycles. The highest BCUT2D eigenvalue weighted by molar-refractivity contribution is 5.44. The maximum absolute atomic E-state index is 11.0. The lowest BCUT2D eigenvalue weighted by atomic mass is 9.60. The fourth-order valence-electron chi connectivity index (χ4n) is 3.56. The minimum Gasteiger partial charge on any atom is -0.388 e. The molecule has 0 fully saturated rings. The van der Waals surface area contributed by atoms with Gasteiger partial charge in [0.15, 0.2) is 0 Å². The average molecular weight is 271 g/mol. The molecule has 1 aliphatic rings. The Morgan fingerprint density at radius 3 is 2.80 bits per heavy atom. The largest absolute Gasteiger partial charge is 0.388 e. The second kappa shape index (κ2) is 5.97. The van der Waals surface area contributed by atoms with Gasteiger partial charge in [-0.3, -0.25) is 0 Å². The van der Waals surface area contributed by atoms with Crippen molar-refractivity contribution in [3.8, 4) is 6.07 Å². The fourth-order valence-corrected chi connectivity index (χ4v) is 3.56. The molecule has 108 valence electrons. The van der Waals surface area contributed by atoms with E-state index in [0.717, 1.165) is 44.1 Å². The SMILES string of the molecule is CCCCCC(C)(O)C1(C#N)CCCc2ccccc21. The van der Waals surface area contributed by atoms with Crippen LogP contribution < -0.4 is 0 Å². The Labute approximate surface area is 122 Å². The molecule has 1 aliphatic carbocycles. The third-order valence-electron chi connectivity index (χ3n) is 4.85. The van der Waals surface area contributed by atoms with E-state index in [2.05, 4.69) is 19.1 Å². The summed E-state index contributed by atoms with van der Waals surface area (Å²) in [6, 6.07) is 10.6. The summed E-state index contributed by atoms with van der Waals surface area (Å²) in [5, 5.41) is 20.9. The first-order valence-corrected chi connectivity index (χ1v) is 7.79. The maximum Gasteiger partial charge on any atom is 0.111 e.